The van der Waals surface area contributed by atoms with E-state index in [0.717, 1.165) is 0 Å². The van der Waals surface area contributed by atoms with Gasteiger partial charge in [-0.3, -0.25) is 4.98 Å². The average molecular weight is 269 g/mol. The van der Waals surface area contributed by atoms with Gasteiger partial charge in [-0.2, -0.15) is 0 Å². The smallest absolute Gasteiger partial charge is 0.0909 e. The van der Waals surface area contributed by atoms with Crippen molar-refractivity contribution in [2.45, 2.75) is 57.2 Å². The molecule has 3 aliphatic rings. The van der Waals surface area contributed by atoms with Crippen LogP contribution in [0.2, 0.25) is 0 Å². The maximum absolute atomic E-state index is 6.57. The van der Waals surface area contributed by atoms with Crippen LogP contribution in [-0.4, -0.2) is 11.1 Å². The molecule has 106 valence electrons. The maximum atomic E-state index is 6.57. The van der Waals surface area contributed by atoms with E-state index in [9.17, 15) is 0 Å². The second-order valence-electron chi connectivity index (χ2n) is 6.51. The fourth-order valence-electron chi connectivity index (χ4n) is 4.46. The summed E-state index contributed by atoms with van der Waals surface area (Å²) in [4.78, 5) is 4.30. The Morgan fingerprint density at radius 3 is 2.85 bits per heavy atom. The first-order valence-corrected chi connectivity index (χ1v) is 8.19. The van der Waals surface area contributed by atoms with Crippen molar-refractivity contribution in [3.63, 3.8) is 0 Å². The molecule has 1 saturated carbocycles. The maximum Gasteiger partial charge on any atom is 0.0909 e. The molecule has 0 spiro atoms. The van der Waals surface area contributed by atoms with Gasteiger partial charge in [-0.15, -0.1) is 0 Å². The van der Waals surface area contributed by atoms with E-state index in [1.165, 1.54) is 50.5 Å². The zero-order chi connectivity index (χ0) is 13.4. The molecule has 4 atom stereocenters. The number of pyridine rings is 1. The van der Waals surface area contributed by atoms with E-state index in [1.54, 1.807) is 5.57 Å². The number of allylic oxidation sites excluding steroid dienone is 1. The van der Waals surface area contributed by atoms with Gasteiger partial charge in [0.25, 0.3) is 0 Å². The van der Waals surface area contributed by atoms with E-state index in [-0.39, 0.29) is 6.10 Å². The minimum atomic E-state index is 0.245. The minimum Gasteiger partial charge on any atom is -0.369 e. The topological polar surface area (TPSA) is 22.1 Å². The largest absolute Gasteiger partial charge is 0.369 e. The van der Waals surface area contributed by atoms with Crippen LogP contribution in [0.5, 0.6) is 0 Å². The third-order valence-corrected chi connectivity index (χ3v) is 5.36. The van der Waals surface area contributed by atoms with Gasteiger partial charge >= 0.3 is 0 Å². The predicted octanol–water partition coefficient (Wildman–Crippen LogP) is 4.44. The highest BCUT2D eigenvalue weighted by Crippen LogP contribution is 2.50. The lowest BCUT2D eigenvalue weighted by atomic mass is 9.68. The zero-order valence-electron chi connectivity index (χ0n) is 12.0. The van der Waals surface area contributed by atoms with E-state index in [2.05, 4.69) is 17.1 Å². The molecule has 1 aromatic heterocycles. The Bertz CT molecular complexity index is 495. The molecule has 0 bridgehead atoms. The summed E-state index contributed by atoms with van der Waals surface area (Å²) < 4.78 is 6.57. The van der Waals surface area contributed by atoms with Crippen molar-refractivity contribution in [2.75, 3.05) is 0 Å². The van der Waals surface area contributed by atoms with Gasteiger partial charge in [0, 0.05) is 24.2 Å². The van der Waals surface area contributed by atoms with Crippen molar-refractivity contribution in [3.05, 3.63) is 41.7 Å². The van der Waals surface area contributed by atoms with Crippen molar-refractivity contribution < 1.29 is 4.74 Å². The van der Waals surface area contributed by atoms with E-state index < -0.39 is 0 Å². The lowest BCUT2D eigenvalue weighted by molar-refractivity contribution is -0.106. The van der Waals surface area contributed by atoms with Gasteiger partial charge in [0.15, 0.2) is 0 Å². The monoisotopic (exact) mass is 269 g/mol. The van der Waals surface area contributed by atoms with Crippen LogP contribution >= 0.6 is 0 Å². The quantitative estimate of drug-likeness (QED) is 0.703. The molecule has 0 unspecified atom stereocenters. The van der Waals surface area contributed by atoms with Crippen molar-refractivity contribution in [1.29, 1.82) is 0 Å². The molecule has 2 heterocycles. The second-order valence-corrected chi connectivity index (χ2v) is 6.51. The van der Waals surface area contributed by atoms with Crippen molar-refractivity contribution in [2.24, 2.45) is 11.8 Å². The summed E-state index contributed by atoms with van der Waals surface area (Å²) in [6, 6.07) is 4.23. The normalized spacial score (nSPS) is 36.7. The second kappa shape index (κ2) is 5.33. The summed E-state index contributed by atoms with van der Waals surface area (Å²) in [5.41, 5.74) is 3.00. The van der Waals surface area contributed by atoms with Gasteiger partial charge in [-0.25, -0.2) is 0 Å². The van der Waals surface area contributed by atoms with E-state index in [0.29, 0.717) is 17.9 Å². The van der Waals surface area contributed by atoms with Crippen molar-refractivity contribution >= 4 is 0 Å². The molecule has 4 rings (SSSR count). The molecule has 2 fully saturated rings. The van der Waals surface area contributed by atoms with Gasteiger partial charge in [0.1, 0.15) is 0 Å². The highest BCUT2D eigenvalue weighted by atomic mass is 16.5. The summed E-state index contributed by atoms with van der Waals surface area (Å²) in [5, 5.41) is 0. The number of rotatable bonds is 1. The van der Waals surface area contributed by atoms with Crippen molar-refractivity contribution in [3.8, 4) is 0 Å². The summed E-state index contributed by atoms with van der Waals surface area (Å²) in [5.74, 6) is 1.31. The number of aromatic nitrogens is 1. The Hall–Kier alpha value is -1.15. The molecule has 1 saturated heterocycles. The molecular formula is C18H23NO. The van der Waals surface area contributed by atoms with Crippen LogP contribution in [0, 0.1) is 11.8 Å². The van der Waals surface area contributed by atoms with Crippen LogP contribution < -0.4 is 0 Å². The van der Waals surface area contributed by atoms with Crippen LogP contribution in [-0.2, 0) is 4.74 Å². The van der Waals surface area contributed by atoms with Gasteiger partial charge in [-0.05, 0) is 43.7 Å². The first kappa shape index (κ1) is 12.6. The molecule has 2 nitrogen and oxygen atoms in total. The molecule has 0 amide bonds. The first-order valence-electron chi connectivity index (χ1n) is 8.19. The number of hydrogen-bond donors (Lipinski definition) is 0. The molecule has 2 aliphatic carbocycles. The lowest BCUT2D eigenvalue weighted by Crippen LogP contribution is -2.41. The molecule has 1 aromatic rings. The number of hydrogen-bond acceptors (Lipinski definition) is 2. The Balaban J connectivity index is 1.70. The summed E-state index contributed by atoms with van der Waals surface area (Å²) in [6.07, 6.45) is 16.3. The predicted molar refractivity (Wildman–Crippen MR) is 79.2 cm³/mol. The Morgan fingerprint density at radius 1 is 1.05 bits per heavy atom. The van der Waals surface area contributed by atoms with Gasteiger partial charge in [-0.1, -0.05) is 30.6 Å². The Morgan fingerprint density at radius 2 is 1.95 bits per heavy atom. The fourth-order valence-corrected chi connectivity index (χ4v) is 4.46. The molecule has 2 heteroatoms. The van der Waals surface area contributed by atoms with Gasteiger partial charge < -0.3 is 4.74 Å². The minimum absolute atomic E-state index is 0.245. The Kier molecular flexibility index (Phi) is 3.35. The number of fused-ring (bicyclic) bond motifs is 3. The van der Waals surface area contributed by atoms with E-state index in [1.807, 2.05) is 18.5 Å². The third kappa shape index (κ3) is 2.10. The van der Waals surface area contributed by atoms with Crippen molar-refractivity contribution in [1.82, 2.24) is 4.98 Å². The Labute approximate surface area is 121 Å². The van der Waals surface area contributed by atoms with Gasteiger partial charge in [0.2, 0.25) is 0 Å². The summed E-state index contributed by atoms with van der Waals surface area (Å²) in [7, 11) is 0. The average Bonchev–Trinajstić information content (AvgIpc) is 2.55. The molecule has 1 aliphatic heterocycles. The van der Waals surface area contributed by atoms with Crippen LogP contribution in [0.15, 0.2) is 36.2 Å². The SMILES string of the molecule is C1=C2[C@@H](CCC1)[C@@H](c1cccnc1)O[C@H]1CCCC[C@@H]21. The molecule has 0 N–H and O–H groups in total. The lowest BCUT2D eigenvalue weighted by Gasteiger charge is -2.47. The third-order valence-electron chi connectivity index (χ3n) is 5.36. The first-order chi connectivity index (χ1) is 9.93. The van der Waals surface area contributed by atoms with Crippen LogP contribution in [0.1, 0.15) is 56.6 Å². The molecule has 20 heavy (non-hydrogen) atoms. The van der Waals surface area contributed by atoms with Crippen LogP contribution in [0.4, 0.5) is 0 Å². The van der Waals surface area contributed by atoms with Gasteiger partial charge in [0.05, 0.1) is 12.2 Å². The molecular weight excluding hydrogens is 246 g/mol. The van der Waals surface area contributed by atoms with Crippen LogP contribution in [0.25, 0.3) is 0 Å². The van der Waals surface area contributed by atoms with E-state index in [4.69, 9.17) is 4.74 Å². The standard InChI is InChI=1S/C18H23NO/c1-2-9-16-14(7-1)15-8-3-4-10-17(15)20-18(16)13-6-5-11-19-12-13/h5-7,11-12,15-18H,1-4,8-10H2/t15-,16+,17-,18+/m0/s1. The zero-order valence-corrected chi connectivity index (χ0v) is 12.0. The number of nitrogens with zero attached hydrogens (tertiary/aromatic N) is 1. The van der Waals surface area contributed by atoms with E-state index >= 15 is 0 Å². The number of ether oxygens (including phenoxy) is 1. The summed E-state index contributed by atoms with van der Waals surface area (Å²) in [6.45, 7) is 0. The highest BCUT2D eigenvalue weighted by molar-refractivity contribution is 5.26. The summed E-state index contributed by atoms with van der Waals surface area (Å²) >= 11 is 0. The fraction of sp³-hybridized carbons (Fsp3) is 0.611. The molecule has 0 aromatic carbocycles. The highest BCUT2D eigenvalue weighted by Gasteiger charge is 2.43. The molecule has 0 radical (unpaired) electrons. The van der Waals surface area contributed by atoms with Crippen LogP contribution in [0.3, 0.4) is 0 Å².